The topological polar surface area (TPSA) is 50.7 Å². The molecule has 3 aromatic rings. The van der Waals surface area contributed by atoms with Gasteiger partial charge in [-0.25, -0.2) is 0 Å². The van der Waals surface area contributed by atoms with Crippen molar-refractivity contribution in [1.82, 2.24) is 20.3 Å². The monoisotopic (exact) mass is 392 g/mol. The van der Waals surface area contributed by atoms with Crippen molar-refractivity contribution in [2.24, 2.45) is 0 Å². The first-order chi connectivity index (χ1) is 13.6. The third kappa shape index (κ3) is 4.08. The Morgan fingerprint density at radius 1 is 0.929 bits per heavy atom. The van der Waals surface area contributed by atoms with Gasteiger partial charge in [-0.2, -0.15) is 0 Å². The van der Waals surface area contributed by atoms with E-state index in [9.17, 15) is 0 Å². The van der Waals surface area contributed by atoms with E-state index in [-0.39, 0.29) is 12.1 Å². The molecule has 0 radical (unpaired) electrons. The third-order valence-corrected chi connectivity index (χ3v) is 5.81. The van der Waals surface area contributed by atoms with Gasteiger partial charge in [0.1, 0.15) is 0 Å². The molecule has 0 amide bonds. The van der Waals surface area contributed by atoms with Gasteiger partial charge in [0.15, 0.2) is 0 Å². The quantitative estimate of drug-likeness (QED) is 0.655. The lowest BCUT2D eigenvalue weighted by molar-refractivity contribution is 0.320. The summed E-state index contributed by atoms with van der Waals surface area (Å²) in [6, 6.07) is 12.5. The molecule has 0 aromatic carbocycles. The number of aryl methyl sites for hydroxylation is 2. The molecule has 5 heteroatoms. The maximum Gasteiger partial charge on any atom is 0.0759 e. The summed E-state index contributed by atoms with van der Waals surface area (Å²) in [5, 5.41) is 4.47. The molecule has 1 fully saturated rings. The zero-order valence-corrected chi connectivity index (χ0v) is 17.1. The summed E-state index contributed by atoms with van der Waals surface area (Å²) in [4.78, 5) is 14.1. The number of nitrogens with zero attached hydrogens (tertiary/aromatic N) is 3. The van der Waals surface area contributed by atoms with Crippen LogP contribution in [0.15, 0.2) is 48.8 Å². The molecular weight excluding hydrogens is 368 g/mol. The van der Waals surface area contributed by atoms with Gasteiger partial charge in [-0.05, 0) is 68.5 Å². The van der Waals surface area contributed by atoms with Gasteiger partial charge >= 0.3 is 0 Å². The van der Waals surface area contributed by atoms with Gasteiger partial charge in [0.05, 0.1) is 28.5 Å². The largest absolute Gasteiger partial charge is 0.300 e. The zero-order valence-electron chi connectivity index (χ0n) is 16.3. The lowest BCUT2D eigenvalue weighted by atomic mass is 9.92. The summed E-state index contributed by atoms with van der Waals surface area (Å²) in [5.41, 5.74) is 6.62. The van der Waals surface area contributed by atoms with Crippen LogP contribution in [-0.4, -0.2) is 15.0 Å². The second-order valence-electron chi connectivity index (χ2n) is 7.52. The second-order valence-corrected chi connectivity index (χ2v) is 7.93. The van der Waals surface area contributed by atoms with Crippen molar-refractivity contribution in [3.63, 3.8) is 0 Å². The van der Waals surface area contributed by atoms with E-state index in [1.165, 1.54) is 11.1 Å². The van der Waals surface area contributed by atoms with E-state index in [2.05, 4.69) is 47.3 Å². The number of hydrogen-bond donors (Lipinski definition) is 1. The van der Waals surface area contributed by atoms with Crippen molar-refractivity contribution in [2.75, 3.05) is 0 Å². The Balaban J connectivity index is 1.58. The highest BCUT2D eigenvalue weighted by Crippen LogP contribution is 2.34. The van der Waals surface area contributed by atoms with E-state index in [0.717, 1.165) is 53.5 Å². The highest BCUT2D eigenvalue weighted by Gasteiger charge is 2.27. The molecule has 28 heavy (non-hydrogen) atoms. The maximum absolute atomic E-state index is 6.39. The smallest absolute Gasteiger partial charge is 0.0759 e. The molecule has 0 saturated carbocycles. The van der Waals surface area contributed by atoms with Gasteiger partial charge < -0.3 is 5.32 Å². The Bertz CT molecular complexity index is 972. The summed E-state index contributed by atoms with van der Waals surface area (Å²) in [6.45, 7) is 4.23. The molecule has 2 atom stereocenters. The molecule has 144 valence electrons. The van der Waals surface area contributed by atoms with Crippen LogP contribution in [0.5, 0.6) is 0 Å². The first kappa shape index (κ1) is 19.0. The fourth-order valence-electron chi connectivity index (χ4n) is 3.93. The van der Waals surface area contributed by atoms with E-state index in [0.29, 0.717) is 0 Å². The SMILES string of the molecule is Cc1cccnc1Cc1ccc(C)c([C@H]2CCC[C@@H](c3ncccc3Cl)N2)n1. The van der Waals surface area contributed by atoms with E-state index < -0.39 is 0 Å². The van der Waals surface area contributed by atoms with Crippen LogP contribution in [0.3, 0.4) is 0 Å². The van der Waals surface area contributed by atoms with Gasteiger partial charge in [0, 0.05) is 30.2 Å². The van der Waals surface area contributed by atoms with Crippen LogP contribution in [0.4, 0.5) is 0 Å². The fourth-order valence-corrected chi connectivity index (χ4v) is 4.19. The number of aromatic nitrogens is 3. The number of rotatable bonds is 4. The lowest BCUT2D eigenvalue weighted by Gasteiger charge is -2.31. The summed E-state index contributed by atoms with van der Waals surface area (Å²) >= 11 is 6.39. The maximum atomic E-state index is 6.39. The molecular formula is C23H25ClN4. The van der Waals surface area contributed by atoms with Crippen LogP contribution in [0, 0.1) is 13.8 Å². The van der Waals surface area contributed by atoms with Crippen molar-refractivity contribution in [1.29, 1.82) is 0 Å². The normalized spacial score (nSPS) is 19.5. The Labute approximate surface area is 171 Å². The fraction of sp³-hybridized carbons (Fsp3) is 0.348. The molecule has 1 N–H and O–H groups in total. The minimum Gasteiger partial charge on any atom is -0.300 e. The third-order valence-electron chi connectivity index (χ3n) is 5.50. The molecule has 1 aliphatic heterocycles. The molecule has 4 nitrogen and oxygen atoms in total. The summed E-state index contributed by atoms with van der Waals surface area (Å²) in [6.07, 6.45) is 7.65. The number of piperidine rings is 1. The van der Waals surface area contributed by atoms with Crippen molar-refractivity contribution in [2.45, 2.75) is 51.6 Å². The van der Waals surface area contributed by atoms with E-state index in [4.69, 9.17) is 16.6 Å². The van der Waals surface area contributed by atoms with Crippen LogP contribution >= 0.6 is 11.6 Å². The van der Waals surface area contributed by atoms with Crippen molar-refractivity contribution in [3.05, 3.63) is 87.7 Å². The second kappa shape index (κ2) is 8.38. The molecule has 0 unspecified atom stereocenters. The molecule has 0 spiro atoms. The minimum atomic E-state index is 0.162. The first-order valence-electron chi connectivity index (χ1n) is 9.85. The highest BCUT2D eigenvalue weighted by atomic mass is 35.5. The van der Waals surface area contributed by atoms with E-state index in [1.807, 2.05) is 30.6 Å². The van der Waals surface area contributed by atoms with Crippen LogP contribution in [0.2, 0.25) is 5.02 Å². The van der Waals surface area contributed by atoms with E-state index in [1.54, 1.807) is 0 Å². The van der Waals surface area contributed by atoms with Gasteiger partial charge in [0.2, 0.25) is 0 Å². The van der Waals surface area contributed by atoms with Crippen LogP contribution < -0.4 is 5.32 Å². The number of nitrogens with one attached hydrogen (secondary N) is 1. The van der Waals surface area contributed by atoms with Crippen molar-refractivity contribution < 1.29 is 0 Å². The van der Waals surface area contributed by atoms with E-state index >= 15 is 0 Å². The predicted octanol–water partition coefficient (Wildman–Crippen LogP) is 5.29. The average molecular weight is 393 g/mol. The van der Waals surface area contributed by atoms with Crippen molar-refractivity contribution in [3.8, 4) is 0 Å². The minimum absolute atomic E-state index is 0.162. The van der Waals surface area contributed by atoms with Gasteiger partial charge in [-0.1, -0.05) is 23.7 Å². The molecule has 1 saturated heterocycles. The molecule has 4 rings (SSSR count). The molecule has 4 heterocycles. The van der Waals surface area contributed by atoms with Gasteiger partial charge in [0.25, 0.3) is 0 Å². The van der Waals surface area contributed by atoms with Crippen molar-refractivity contribution >= 4 is 11.6 Å². The Morgan fingerprint density at radius 2 is 1.68 bits per heavy atom. The summed E-state index contributed by atoms with van der Waals surface area (Å²) < 4.78 is 0. The molecule has 3 aromatic heterocycles. The Hall–Kier alpha value is -2.30. The van der Waals surface area contributed by atoms with Gasteiger partial charge in [-0.3, -0.25) is 15.0 Å². The Kier molecular flexibility index (Phi) is 5.69. The molecule has 0 bridgehead atoms. The number of halogens is 1. The van der Waals surface area contributed by atoms with Crippen LogP contribution in [0.25, 0.3) is 0 Å². The predicted molar refractivity (Wildman–Crippen MR) is 112 cm³/mol. The average Bonchev–Trinajstić information content (AvgIpc) is 2.71. The molecule has 1 aliphatic rings. The Morgan fingerprint density at radius 3 is 2.46 bits per heavy atom. The summed E-state index contributed by atoms with van der Waals surface area (Å²) in [7, 11) is 0. The van der Waals surface area contributed by atoms with Crippen LogP contribution in [-0.2, 0) is 6.42 Å². The number of hydrogen-bond acceptors (Lipinski definition) is 4. The highest BCUT2D eigenvalue weighted by molar-refractivity contribution is 6.31. The molecule has 0 aliphatic carbocycles. The zero-order chi connectivity index (χ0) is 19.5. The summed E-state index contributed by atoms with van der Waals surface area (Å²) in [5.74, 6) is 0. The van der Waals surface area contributed by atoms with Crippen LogP contribution in [0.1, 0.15) is 65.2 Å². The lowest BCUT2D eigenvalue weighted by Crippen LogP contribution is -2.32. The number of pyridine rings is 3. The standard InChI is InChI=1S/C23H25ClN4/c1-15-6-4-12-25-21(15)14-17-11-10-16(2)22(27-17)19-8-3-9-20(28-19)23-18(24)7-5-13-26-23/h4-7,10-13,19-20,28H,3,8-9,14H2,1-2H3/t19-,20+/m1/s1. The first-order valence-corrected chi connectivity index (χ1v) is 10.2. The van der Waals surface area contributed by atoms with Gasteiger partial charge in [-0.15, -0.1) is 0 Å².